The number of ether oxygens (including phenoxy) is 1. The Morgan fingerprint density at radius 2 is 2.22 bits per heavy atom. The van der Waals surface area contributed by atoms with E-state index in [0.29, 0.717) is 5.56 Å². The summed E-state index contributed by atoms with van der Waals surface area (Å²) in [5, 5.41) is 13.1. The monoisotopic (exact) mass is 256 g/mol. The number of nitro groups is 1. The molecule has 98 valence electrons. The highest BCUT2D eigenvalue weighted by Gasteiger charge is 2.30. The van der Waals surface area contributed by atoms with Crippen molar-refractivity contribution in [2.45, 2.75) is 19.0 Å². The Kier molecular flexibility index (Phi) is 4.59. The van der Waals surface area contributed by atoms with Gasteiger partial charge in [0.05, 0.1) is 7.11 Å². The van der Waals surface area contributed by atoms with Crippen molar-refractivity contribution in [2.24, 2.45) is 0 Å². The van der Waals surface area contributed by atoms with Crippen molar-refractivity contribution in [1.29, 1.82) is 0 Å². The maximum atomic E-state index is 13.1. The lowest BCUT2D eigenvalue weighted by Gasteiger charge is -2.19. The fourth-order valence-corrected chi connectivity index (χ4v) is 1.49. The molecule has 1 aromatic rings. The van der Waals surface area contributed by atoms with Gasteiger partial charge in [-0.25, -0.2) is 9.18 Å². The van der Waals surface area contributed by atoms with Gasteiger partial charge in [-0.1, -0.05) is 12.1 Å². The van der Waals surface area contributed by atoms with Crippen molar-refractivity contribution in [3.05, 3.63) is 45.8 Å². The summed E-state index contributed by atoms with van der Waals surface area (Å²) in [7, 11) is 1.15. The number of amides is 1. The smallest absolute Gasteiger partial charge is 0.407 e. The predicted molar refractivity (Wildman–Crippen MR) is 61.1 cm³/mol. The van der Waals surface area contributed by atoms with E-state index in [2.05, 4.69) is 10.1 Å². The minimum absolute atomic E-state index is 0.310. The number of hydrogen-bond acceptors (Lipinski definition) is 4. The van der Waals surface area contributed by atoms with E-state index in [1.54, 1.807) is 0 Å². The van der Waals surface area contributed by atoms with Crippen LogP contribution in [-0.4, -0.2) is 24.2 Å². The molecule has 0 heterocycles. The second-order valence-corrected chi connectivity index (χ2v) is 3.69. The van der Waals surface area contributed by atoms with Gasteiger partial charge in [0.2, 0.25) is 6.04 Å². The lowest BCUT2D eigenvalue weighted by atomic mass is 10.0. The predicted octanol–water partition coefficient (Wildman–Crippen LogP) is 1.89. The Balaban J connectivity index is 3.03. The molecule has 0 aliphatic rings. The number of carbonyl (C=O) groups is 1. The van der Waals surface area contributed by atoms with Gasteiger partial charge in [-0.3, -0.25) is 10.1 Å². The molecule has 6 nitrogen and oxygen atoms in total. The van der Waals surface area contributed by atoms with Crippen molar-refractivity contribution in [3.8, 4) is 0 Å². The molecular formula is C11H13FN2O4. The van der Waals surface area contributed by atoms with Crippen LogP contribution in [-0.2, 0) is 4.74 Å². The zero-order chi connectivity index (χ0) is 13.7. The van der Waals surface area contributed by atoms with Crippen LogP contribution in [0.25, 0.3) is 0 Å². The molecule has 1 N–H and O–H groups in total. The van der Waals surface area contributed by atoms with Crippen LogP contribution in [0.4, 0.5) is 9.18 Å². The highest BCUT2D eigenvalue weighted by atomic mass is 19.1. The fraction of sp³-hybridized carbons (Fsp3) is 0.364. The van der Waals surface area contributed by atoms with Crippen LogP contribution in [0.3, 0.4) is 0 Å². The van der Waals surface area contributed by atoms with E-state index in [-0.39, 0.29) is 0 Å². The molecule has 1 amide bonds. The lowest BCUT2D eigenvalue weighted by molar-refractivity contribution is -0.523. The molecule has 0 aliphatic heterocycles. The number of halogens is 1. The van der Waals surface area contributed by atoms with Gasteiger partial charge in [0.1, 0.15) is 11.9 Å². The molecule has 0 fully saturated rings. The average Bonchev–Trinajstić information content (AvgIpc) is 2.34. The first kappa shape index (κ1) is 13.9. The van der Waals surface area contributed by atoms with E-state index in [4.69, 9.17) is 0 Å². The first-order chi connectivity index (χ1) is 8.45. The van der Waals surface area contributed by atoms with E-state index >= 15 is 0 Å². The molecular weight excluding hydrogens is 243 g/mol. The highest BCUT2D eigenvalue weighted by molar-refractivity contribution is 5.67. The first-order valence-corrected chi connectivity index (χ1v) is 5.19. The molecule has 0 saturated carbocycles. The molecule has 0 radical (unpaired) electrons. The van der Waals surface area contributed by atoms with Crippen molar-refractivity contribution < 1.29 is 18.8 Å². The number of nitrogens with zero attached hydrogens (tertiary/aromatic N) is 1. The Labute approximate surface area is 103 Å². The third-order valence-electron chi connectivity index (χ3n) is 2.48. The van der Waals surface area contributed by atoms with Gasteiger partial charge in [-0.05, 0) is 17.7 Å². The van der Waals surface area contributed by atoms with Gasteiger partial charge in [-0.15, -0.1) is 0 Å². The van der Waals surface area contributed by atoms with Gasteiger partial charge in [0.15, 0.2) is 0 Å². The Morgan fingerprint density at radius 1 is 1.56 bits per heavy atom. The molecule has 2 atom stereocenters. The van der Waals surface area contributed by atoms with E-state index < -0.39 is 28.9 Å². The normalized spacial score (nSPS) is 13.5. The second-order valence-electron chi connectivity index (χ2n) is 3.69. The number of methoxy groups -OCH3 is 1. The number of carbonyl (C=O) groups excluding carboxylic acids is 1. The maximum Gasteiger partial charge on any atom is 0.407 e. The van der Waals surface area contributed by atoms with E-state index in [1.165, 1.54) is 25.1 Å². The van der Waals surface area contributed by atoms with Crippen LogP contribution >= 0.6 is 0 Å². The number of benzene rings is 1. The quantitative estimate of drug-likeness (QED) is 0.658. The molecule has 0 unspecified atom stereocenters. The first-order valence-electron chi connectivity index (χ1n) is 5.19. The molecule has 18 heavy (non-hydrogen) atoms. The largest absolute Gasteiger partial charge is 0.453 e. The zero-order valence-corrected chi connectivity index (χ0v) is 9.92. The van der Waals surface area contributed by atoms with Gasteiger partial charge in [-0.2, -0.15) is 0 Å². The summed E-state index contributed by atoms with van der Waals surface area (Å²) in [6, 6.07) is 3.22. The summed E-state index contributed by atoms with van der Waals surface area (Å²) in [5.74, 6) is -0.528. The van der Waals surface area contributed by atoms with Gasteiger partial charge in [0.25, 0.3) is 0 Å². The van der Waals surface area contributed by atoms with Crippen LogP contribution in [0.2, 0.25) is 0 Å². The van der Waals surface area contributed by atoms with Crippen LogP contribution in [0.5, 0.6) is 0 Å². The zero-order valence-electron chi connectivity index (χ0n) is 9.92. The number of nitrogens with one attached hydrogen (secondary N) is 1. The standard InChI is InChI=1S/C11H13FN2O4/c1-7(14(16)17)10(13-11(15)18-2)8-4-3-5-9(12)6-8/h3-7,10H,1-2H3,(H,13,15)/t7-,10-/m1/s1. The number of rotatable bonds is 4. The minimum Gasteiger partial charge on any atom is -0.453 e. The number of hydrogen-bond donors (Lipinski definition) is 1. The van der Waals surface area contributed by atoms with Crippen molar-refractivity contribution in [3.63, 3.8) is 0 Å². The summed E-state index contributed by atoms with van der Waals surface area (Å²) in [5.41, 5.74) is 0.310. The minimum atomic E-state index is -1.11. The molecule has 1 aromatic carbocycles. The van der Waals surface area contributed by atoms with E-state index in [0.717, 1.165) is 13.2 Å². The van der Waals surface area contributed by atoms with Crippen molar-refractivity contribution in [2.75, 3.05) is 7.11 Å². The third kappa shape index (κ3) is 3.41. The lowest BCUT2D eigenvalue weighted by Crippen LogP contribution is -2.38. The second kappa shape index (κ2) is 5.95. The third-order valence-corrected chi connectivity index (χ3v) is 2.48. The molecule has 0 spiro atoms. The molecule has 0 aliphatic carbocycles. The molecule has 0 bridgehead atoms. The highest BCUT2D eigenvalue weighted by Crippen LogP contribution is 2.19. The molecule has 7 heteroatoms. The molecule has 0 aromatic heterocycles. The Bertz CT molecular complexity index is 452. The SMILES string of the molecule is COC(=O)N[C@@H](c1cccc(F)c1)[C@@H](C)[N+](=O)[O-]. The van der Waals surface area contributed by atoms with Gasteiger partial charge < -0.3 is 10.1 Å². The molecule has 1 rings (SSSR count). The van der Waals surface area contributed by atoms with Crippen LogP contribution in [0, 0.1) is 15.9 Å². The van der Waals surface area contributed by atoms with Crippen molar-refractivity contribution in [1.82, 2.24) is 5.32 Å². The molecule has 0 saturated heterocycles. The Hall–Kier alpha value is -2.18. The summed E-state index contributed by atoms with van der Waals surface area (Å²) in [4.78, 5) is 21.4. The average molecular weight is 256 g/mol. The summed E-state index contributed by atoms with van der Waals surface area (Å²) < 4.78 is 17.5. The van der Waals surface area contributed by atoms with E-state index in [9.17, 15) is 19.3 Å². The number of alkyl carbamates (subject to hydrolysis) is 1. The van der Waals surface area contributed by atoms with Crippen LogP contribution < -0.4 is 5.32 Å². The summed E-state index contributed by atoms with van der Waals surface area (Å²) in [6.07, 6.45) is -0.807. The van der Waals surface area contributed by atoms with E-state index in [1.807, 2.05) is 0 Å². The maximum absolute atomic E-state index is 13.1. The van der Waals surface area contributed by atoms with Crippen LogP contribution in [0.1, 0.15) is 18.5 Å². The van der Waals surface area contributed by atoms with Crippen molar-refractivity contribution >= 4 is 6.09 Å². The summed E-state index contributed by atoms with van der Waals surface area (Å²) >= 11 is 0. The summed E-state index contributed by atoms with van der Waals surface area (Å²) in [6.45, 7) is 1.32. The van der Waals surface area contributed by atoms with Gasteiger partial charge in [0, 0.05) is 11.8 Å². The van der Waals surface area contributed by atoms with Gasteiger partial charge >= 0.3 is 6.09 Å². The Morgan fingerprint density at radius 3 is 2.72 bits per heavy atom. The van der Waals surface area contributed by atoms with Crippen LogP contribution in [0.15, 0.2) is 24.3 Å². The fourth-order valence-electron chi connectivity index (χ4n) is 1.49. The topological polar surface area (TPSA) is 81.5 Å².